The lowest BCUT2D eigenvalue weighted by Gasteiger charge is -2.35. The Kier molecular flexibility index (Phi) is 3.42. The quantitative estimate of drug-likeness (QED) is 0.477. The molecule has 5 heteroatoms. The summed E-state index contributed by atoms with van der Waals surface area (Å²) in [6.07, 6.45) is -2.98. The second-order valence-electron chi connectivity index (χ2n) is 2.82. The van der Waals surface area contributed by atoms with Gasteiger partial charge in [0.05, 0.1) is 12.7 Å². The number of rotatable bonds is 2. The molecule has 0 spiro atoms. The van der Waals surface area contributed by atoms with E-state index in [9.17, 15) is 10.2 Å². The van der Waals surface area contributed by atoms with E-state index in [4.69, 9.17) is 14.6 Å². The lowest BCUT2D eigenvalue weighted by molar-refractivity contribution is -0.248. The lowest BCUT2D eigenvalue weighted by Crippen LogP contribution is -2.50. The molecule has 72 valence electrons. The van der Waals surface area contributed by atoms with Crippen LogP contribution in [0, 0.1) is 0 Å². The van der Waals surface area contributed by atoms with Gasteiger partial charge in [0, 0.05) is 13.5 Å². The molecule has 1 aliphatic heterocycles. The van der Waals surface area contributed by atoms with Crippen LogP contribution in [0.1, 0.15) is 6.42 Å². The van der Waals surface area contributed by atoms with Crippen molar-refractivity contribution in [1.82, 2.24) is 0 Å². The fourth-order valence-corrected chi connectivity index (χ4v) is 1.22. The molecule has 5 nitrogen and oxygen atoms in total. The van der Waals surface area contributed by atoms with Crippen molar-refractivity contribution in [3.63, 3.8) is 0 Å². The van der Waals surface area contributed by atoms with E-state index in [0.29, 0.717) is 0 Å². The molecular weight excluding hydrogens is 164 g/mol. The molecule has 12 heavy (non-hydrogen) atoms. The maximum Gasteiger partial charge on any atom is 0.160 e. The van der Waals surface area contributed by atoms with Gasteiger partial charge in [-0.1, -0.05) is 0 Å². The van der Waals surface area contributed by atoms with Crippen molar-refractivity contribution in [3.05, 3.63) is 0 Å². The van der Waals surface area contributed by atoms with Gasteiger partial charge in [0.1, 0.15) is 12.2 Å². The molecule has 0 unspecified atom stereocenters. The highest BCUT2D eigenvalue weighted by atomic mass is 16.7. The Morgan fingerprint density at radius 2 is 2.17 bits per heavy atom. The predicted octanol–water partition coefficient (Wildman–Crippen LogP) is -1.54. The highest BCUT2D eigenvalue weighted by Gasteiger charge is 2.36. The normalized spacial score (nSPS) is 43.0. The Labute approximate surface area is 70.5 Å². The van der Waals surface area contributed by atoms with Crippen molar-refractivity contribution in [2.24, 2.45) is 0 Å². The molecule has 0 bridgehead atoms. The van der Waals surface area contributed by atoms with Crippen LogP contribution < -0.4 is 0 Å². The van der Waals surface area contributed by atoms with Crippen LogP contribution in [0.15, 0.2) is 0 Å². The first kappa shape index (κ1) is 9.88. The SMILES string of the molecule is CO[C@H]1C[C@@H](O)[C@H](O)[C@H](CO)O1. The van der Waals surface area contributed by atoms with Crippen LogP contribution in [-0.4, -0.2) is 53.6 Å². The molecule has 0 amide bonds. The maximum absolute atomic E-state index is 9.26. The summed E-state index contributed by atoms with van der Waals surface area (Å²) in [4.78, 5) is 0. The van der Waals surface area contributed by atoms with Gasteiger partial charge < -0.3 is 24.8 Å². The summed E-state index contributed by atoms with van der Waals surface area (Å²) in [6.45, 7) is -0.321. The molecule has 1 rings (SSSR count). The number of methoxy groups -OCH3 is 1. The van der Waals surface area contributed by atoms with E-state index >= 15 is 0 Å². The van der Waals surface area contributed by atoms with E-state index < -0.39 is 24.6 Å². The van der Waals surface area contributed by atoms with Gasteiger partial charge >= 0.3 is 0 Å². The number of aliphatic hydroxyl groups is 3. The Hall–Kier alpha value is -0.200. The highest BCUT2D eigenvalue weighted by molar-refractivity contribution is 4.81. The van der Waals surface area contributed by atoms with Gasteiger partial charge in [-0.05, 0) is 0 Å². The molecule has 0 saturated carbocycles. The average Bonchev–Trinajstić information content (AvgIpc) is 2.09. The number of hydrogen-bond acceptors (Lipinski definition) is 5. The van der Waals surface area contributed by atoms with E-state index in [-0.39, 0.29) is 13.0 Å². The van der Waals surface area contributed by atoms with Crippen molar-refractivity contribution in [1.29, 1.82) is 0 Å². The zero-order valence-electron chi connectivity index (χ0n) is 6.88. The first-order chi connectivity index (χ1) is 5.69. The summed E-state index contributed by atoms with van der Waals surface area (Å²) >= 11 is 0. The molecule has 1 heterocycles. The predicted molar refractivity (Wildman–Crippen MR) is 39.4 cm³/mol. The molecule has 1 aliphatic rings. The zero-order chi connectivity index (χ0) is 9.14. The second-order valence-corrected chi connectivity index (χ2v) is 2.82. The van der Waals surface area contributed by atoms with E-state index in [1.54, 1.807) is 0 Å². The summed E-state index contributed by atoms with van der Waals surface area (Å²) in [5.74, 6) is 0. The molecule has 0 aromatic carbocycles. The average molecular weight is 178 g/mol. The minimum Gasteiger partial charge on any atom is -0.394 e. The largest absolute Gasteiger partial charge is 0.394 e. The number of ether oxygens (including phenoxy) is 2. The minimum absolute atomic E-state index is 0.230. The Morgan fingerprint density at radius 3 is 2.67 bits per heavy atom. The van der Waals surface area contributed by atoms with Crippen LogP contribution in [0.25, 0.3) is 0 Å². The summed E-state index contributed by atoms with van der Waals surface area (Å²) in [7, 11) is 1.45. The van der Waals surface area contributed by atoms with Crippen molar-refractivity contribution < 1.29 is 24.8 Å². The third-order valence-corrected chi connectivity index (χ3v) is 1.98. The minimum atomic E-state index is -1.03. The lowest BCUT2D eigenvalue weighted by atomic mass is 10.0. The summed E-state index contributed by atoms with van der Waals surface area (Å²) < 4.78 is 9.92. The van der Waals surface area contributed by atoms with E-state index in [2.05, 4.69) is 0 Å². The van der Waals surface area contributed by atoms with Crippen molar-refractivity contribution in [2.75, 3.05) is 13.7 Å². The Bertz CT molecular complexity index is 140. The smallest absolute Gasteiger partial charge is 0.160 e. The van der Waals surface area contributed by atoms with E-state index in [0.717, 1.165) is 0 Å². The molecule has 1 fully saturated rings. The van der Waals surface area contributed by atoms with Gasteiger partial charge in [-0.15, -0.1) is 0 Å². The van der Waals surface area contributed by atoms with Gasteiger partial charge in [0.25, 0.3) is 0 Å². The van der Waals surface area contributed by atoms with Crippen LogP contribution >= 0.6 is 0 Å². The molecule has 1 saturated heterocycles. The van der Waals surface area contributed by atoms with E-state index in [1.165, 1.54) is 7.11 Å². The molecule has 4 atom stereocenters. The van der Waals surface area contributed by atoms with Crippen LogP contribution in [0.4, 0.5) is 0 Å². The summed E-state index contributed by atoms with van der Waals surface area (Å²) in [5, 5.41) is 27.3. The van der Waals surface area contributed by atoms with Crippen LogP contribution in [0.3, 0.4) is 0 Å². The van der Waals surface area contributed by atoms with E-state index in [1.807, 2.05) is 0 Å². The molecule has 0 aliphatic carbocycles. The van der Waals surface area contributed by atoms with Crippen molar-refractivity contribution in [2.45, 2.75) is 31.0 Å². The molecule has 0 aromatic rings. The third kappa shape index (κ3) is 1.94. The van der Waals surface area contributed by atoms with Crippen LogP contribution in [-0.2, 0) is 9.47 Å². The van der Waals surface area contributed by atoms with Gasteiger partial charge in [-0.25, -0.2) is 0 Å². The summed E-state index contributed by atoms with van der Waals surface area (Å²) in [5.41, 5.74) is 0. The first-order valence-electron chi connectivity index (χ1n) is 3.84. The number of hydrogen-bond donors (Lipinski definition) is 3. The highest BCUT2D eigenvalue weighted by Crippen LogP contribution is 2.20. The fraction of sp³-hybridized carbons (Fsp3) is 1.00. The van der Waals surface area contributed by atoms with Gasteiger partial charge in [0.2, 0.25) is 0 Å². The summed E-state index contributed by atoms with van der Waals surface area (Å²) in [6, 6.07) is 0. The monoisotopic (exact) mass is 178 g/mol. The third-order valence-electron chi connectivity index (χ3n) is 1.98. The van der Waals surface area contributed by atoms with Crippen LogP contribution in [0.5, 0.6) is 0 Å². The molecule has 3 N–H and O–H groups in total. The van der Waals surface area contributed by atoms with Crippen LogP contribution in [0.2, 0.25) is 0 Å². The molecular formula is C7H14O5. The number of aliphatic hydroxyl groups excluding tert-OH is 3. The zero-order valence-corrected chi connectivity index (χ0v) is 6.88. The fourth-order valence-electron chi connectivity index (χ4n) is 1.22. The topological polar surface area (TPSA) is 79.2 Å². The maximum atomic E-state index is 9.26. The van der Waals surface area contributed by atoms with Crippen molar-refractivity contribution in [3.8, 4) is 0 Å². The Morgan fingerprint density at radius 1 is 1.50 bits per heavy atom. The second kappa shape index (κ2) is 4.15. The van der Waals surface area contributed by atoms with Gasteiger partial charge in [0.15, 0.2) is 6.29 Å². The van der Waals surface area contributed by atoms with Crippen molar-refractivity contribution >= 4 is 0 Å². The van der Waals surface area contributed by atoms with Gasteiger partial charge in [-0.3, -0.25) is 0 Å². The first-order valence-corrected chi connectivity index (χ1v) is 3.84. The standard InChI is InChI=1S/C7H14O5/c1-11-6-2-4(9)7(10)5(3-8)12-6/h4-10H,2-3H2,1H3/t4-,5+,6-,7+/m1/s1. The molecule has 0 aromatic heterocycles. The Balaban J connectivity index is 2.52. The van der Waals surface area contributed by atoms with Gasteiger partial charge in [-0.2, -0.15) is 0 Å². The molecule has 0 radical (unpaired) electrons.